The van der Waals surface area contributed by atoms with Crippen LogP contribution in [-0.4, -0.2) is 35.5 Å². The highest BCUT2D eigenvalue weighted by Gasteiger charge is 2.39. The van der Waals surface area contributed by atoms with E-state index in [2.05, 4.69) is 4.74 Å². The number of alkyl halides is 3. The van der Waals surface area contributed by atoms with Crippen LogP contribution in [0.1, 0.15) is 13.8 Å². The van der Waals surface area contributed by atoms with Crippen molar-refractivity contribution in [3.63, 3.8) is 0 Å². The van der Waals surface area contributed by atoms with Gasteiger partial charge in [0.15, 0.2) is 6.10 Å². The number of ether oxygens (including phenoxy) is 1. The lowest BCUT2D eigenvalue weighted by atomic mass is 10.2. The van der Waals surface area contributed by atoms with Gasteiger partial charge in [-0.1, -0.05) is 0 Å². The van der Waals surface area contributed by atoms with Gasteiger partial charge in [-0.25, -0.2) is 0 Å². The highest BCUT2D eigenvalue weighted by atomic mass is 35.5. The van der Waals surface area contributed by atoms with Crippen LogP contribution < -0.4 is 5.73 Å². The fraction of sp³-hybridized carbons (Fsp3) is 0.857. The summed E-state index contributed by atoms with van der Waals surface area (Å²) in [6.07, 6.45) is -7.72. The predicted octanol–water partition coefficient (Wildman–Crippen LogP) is 1.18. The number of carbonyl (C=O) groups is 1. The summed E-state index contributed by atoms with van der Waals surface area (Å²) in [6, 6.07) is -1.46. The first kappa shape index (κ1) is 16.9. The van der Waals surface area contributed by atoms with Crippen LogP contribution >= 0.6 is 12.4 Å². The highest BCUT2D eigenvalue weighted by molar-refractivity contribution is 5.85. The Labute approximate surface area is 91.0 Å². The van der Waals surface area contributed by atoms with Gasteiger partial charge in [-0.15, -0.1) is 12.4 Å². The van der Waals surface area contributed by atoms with Gasteiger partial charge in [-0.3, -0.25) is 4.79 Å². The van der Waals surface area contributed by atoms with Crippen molar-refractivity contribution in [2.24, 2.45) is 5.73 Å². The Morgan fingerprint density at radius 3 is 2.07 bits per heavy atom. The van der Waals surface area contributed by atoms with Crippen molar-refractivity contribution in [1.82, 2.24) is 0 Å². The van der Waals surface area contributed by atoms with E-state index in [-0.39, 0.29) is 12.4 Å². The second-order valence-electron chi connectivity index (χ2n) is 2.89. The van der Waals surface area contributed by atoms with E-state index in [0.29, 0.717) is 0 Å². The molecule has 0 saturated carbocycles. The van der Waals surface area contributed by atoms with Crippen LogP contribution in [0, 0.1) is 0 Å². The van der Waals surface area contributed by atoms with Crippen LogP contribution in [0.25, 0.3) is 0 Å². The van der Waals surface area contributed by atoms with Crippen LogP contribution in [0.3, 0.4) is 0 Å². The molecule has 0 aromatic carbocycles. The average molecular weight is 252 g/mol. The normalized spacial score (nSPS) is 17.5. The molecule has 0 aliphatic carbocycles. The molecule has 0 radical (unpaired) electrons. The average Bonchev–Trinajstić information content (AvgIpc) is 2.00. The number of nitrogens with two attached hydrogens (primary N) is 1. The lowest BCUT2D eigenvalue weighted by Crippen LogP contribution is -2.45. The largest absolute Gasteiger partial charge is 0.480 e. The summed E-state index contributed by atoms with van der Waals surface area (Å²) in [4.78, 5) is 10.3. The van der Waals surface area contributed by atoms with Crippen LogP contribution in [0.4, 0.5) is 13.2 Å². The number of rotatable bonds is 4. The molecule has 0 bridgehead atoms. The molecule has 0 aromatic rings. The summed E-state index contributed by atoms with van der Waals surface area (Å²) in [5.41, 5.74) is 5.06. The molecule has 8 heteroatoms. The van der Waals surface area contributed by atoms with Gasteiger partial charge in [0.05, 0.1) is 6.10 Å². The third-order valence-electron chi connectivity index (χ3n) is 1.67. The maximum Gasteiger partial charge on any atom is 0.414 e. The molecule has 92 valence electrons. The zero-order valence-corrected chi connectivity index (χ0v) is 8.93. The van der Waals surface area contributed by atoms with Crippen molar-refractivity contribution >= 4 is 18.4 Å². The molecule has 0 aliphatic rings. The summed E-state index contributed by atoms with van der Waals surface area (Å²) in [7, 11) is 0. The Kier molecular flexibility index (Phi) is 6.91. The molecule has 3 atom stereocenters. The first-order valence-electron chi connectivity index (χ1n) is 3.86. The molecule has 0 amide bonds. The highest BCUT2D eigenvalue weighted by Crippen LogP contribution is 2.23. The number of aliphatic carboxylic acids is 1. The van der Waals surface area contributed by atoms with Gasteiger partial charge in [0.25, 0.3) is 0 Å². The van der Waals surface area contributed by atoms with E-state index in [1.165, 1.54) is 6.92 Å². The molecular formula is C7H13ClF3NO3. The number of hydrogen-bond acceptors (Lipinski definition) is 3. The molecule has 3 N–H and O–H groups in total. The molecule has 0 fully saturated rings. The van der Waals surface area contributed by atoms with Gasteiger partial charge in [0.1, 0.15) is 6.04 Å². The summed E-state index contributed by atoms with van der Waals surface area (Å²) >= 11 is 0. The third kappa shape index (κ3) is 5.81. The maximum absolute atomic E-state index is 12.0. The minimum atomic E-state index is -4.51. The Morgan fingerprint density at radius 2 is 1.80 bits per heavy atom. The maximum atomic E-state index is 12.0. The monoisotopic (exact) mass is 251 g/mol. The van der Waals surface area contributed by atoms with Crippen molar-refractivity contribution in [3.05, 3.63) is 0 Å². The molecule has 0 spiro atoms. The zero-order chi connectivity index (χ0) is 11.5. The molecule has 0 aliphatic heterocycles. The van der Waals surface area contributed by atoms with Crippen LogP contribution in [0.5, 0.6) is 0 Å². The lowest BCUT2D eigenvalue weighted by Gasteiger charge is -2.23. The van der Waals surface area contributed by atoms with Gasteiger partial charge < -0.3 is 15.6 Å². The standard InChI is InChI=1S/C7H12F3NO3.ClH/c1-3(5(11)6(12)13)14-4(2)7(8,9)10;/h3-5H,11H2,1-2H3,(H,12,13);1H. The molecule has 0 heterocycles. The second kappa shape index (κ2) is 6.14. The quantitative estimate of drug-likeness (QED) is 0.787. The molecule has 0 aromatic heterocycles. The SMILES string of the molecule is CC(OC(C)C(F)(F)F)C(N)C(=O)O.Cl. The number of carboxylic acids is 1. The van der Waals surface area contributed by atoms with Crippen LogP contribution in [-0.2, 0) is 9.53 Å². The fourth-order valence-corrected chi connectivity index (χ4v) is 0.685. The number of hydrogen-bond donors (Lipinski definition) is 2. The minimum Gasteiger partial charge on any atom is -0.480 e. The van der Waals surface area contributed by atoms with E-state index >= 15 is 0 Å². The van der Waals surface area contributed by atoms with Crippen molar-refractivity contribution in [2.75, 3.05) is 0 Å². The molecule has 0 saturated heterocycles. The topological polar surface area (TPSA) is 72.5 Å². The van der Waals surface area contributed by atoms with Gasteiger partial charge in [0, 0.05) is 0 Å². The second-order valence-corrected chi connectivity index (χ2v) is 2.89. The van der Waals surface area contributed by atoms with Crippen LogP contribution in [0.2, 0.25) is 0 Å². The Bertz CT molecular complexity index is 212. The minimum absolute atomic E-state index is 0. The predicted molar refractivity (Wildman–Crippen MR) is 48.9 cm³/mol. The van der Waals surface area contributed by atoms with Gasteiger partial charge in [-0.2, -0.15) is 13.2 Å². The third-order valence-corrected chi connectivity index (χ3v) is 1.67. The van der Waals surface area contributed by atoms with E-state index in [0.717, 1.165) is 6.92 Å². The van der Waals surface area contributed by atoms with E-state index in [1.807, 2.05) is 0 Å². The molecule has 4 nitrogen and oxygen atoms in total. The van der Waals surface area contributed by atoms with Gasteiger partial charge in [-0.05, 0) is 13.8 Å². The van der Waals surface area contributed by atoms with Crippen molar-refractivity contribution < 1.29 is 27.8 Å². The Morgan fingerprint density at radius 1 is 1.40 bits per heavy atom. The Balaban J connectivity index is 0. The van der Waals surface area contributed by atoms with E-state index < -0.39 is 30.4 Å². The van der Waals surface area contributed by atoms with Crippen molar-refractivity contribution in [2.45, 2.75) is 38.3 Å². The van der Waals surface area contributed by atoms with E-state index in [9.17, 15) is 18.0 Å². The summed E-state index contributed by atoms with van der Waals surface area (Å²) < 4.78 is 40.3. The Hall–Kier alpha value is -0.530. The first-order chi connectivity index (χ1) is 6.16. The number of carboxylic acid groups (broad SMARTS) is 1. The zero-order valence-electron chi connectivity index (χ0n) is 8.12. The molecule has 3 unspecified atom stereocenters. The van der Waals surface area contributed by atoms with E-state index in [1.54, 1.807) is 0 Å². The van der Waals surface area contributed by atoms with Crippen molar-refractivity contribution in [3.8, 4) is 0 Å². The smallest absolute Gasteiger partial charge is 0.414 e. The molecule has 15 heavy (non-hydrogen) atoms. The fourth-order valence-electron chi connectivity index (χ4n) is 0.685. The summed E-state index contributed by atoms with van der Waals surface area (Å²) in [5, 5.41) is 8.38. The molecular weight excluding hydrogens is 239 g/mol. The van der Waals surface area contributed by atoms with Gasteiger partial charge in [0.2, 0.25) is 0 Å². The molecule has 0 rings (SSSR count). The van der Waals surface area contributed by atoms with Crippen LogP contribution in [0.15, 0.2) is 0 Å². The number of halogens is 4. The summed E-state index contributed by atoms with van der Waals surface area (Å²) in [5.74, 6) is -1.40. The van der Waals surface area contributed by atoms with Gasteiger partial charge >= 0.3 is 12.1 Å². The first-order valence-corrected chi connectivity index (χ1v) is 3.86. The summed E-state index contributed by atoms with van der Waals surface area (Å²) in [6.45, 7) is 1.98. The van der Waals surface area contributed by atoms with E-state index in [4.69, 9.17) is 10.8 Å². The lowest BCUT2D eigenvalue weighted by molar-refractivity contribution is -0.227. The van der Waals surface area contributed by atoms with Crippen molar-refractivity contribution in [1.29, 1.82) is 0 Å².